The second-order valence-electron chi connectivity index (χ2n) is 5.65. The van der Waals surface area contributed by atoms with E-state index in [0.717, 1.165) is 9.80 Å². The first-order valence-corrected chi connectivity index (χ1v) is 7.55. The Labute approximate surface area is 147 Å². The van der Waals surface area contributed by atoms with Gasteiger partial charge in [-0.25, -0.2) is 4.79 Å². The summed E-state index contributed by atoms with van der Waals surface area (Å²) in [5.41, 5.74) is 0.729. The van der Waals surface area contributed by atoms with Crippen LogP contribution < -0.4 is 0 Å². The van der Waals surface area contributed by atoms with E-state index in [1.165, 1.54) is 32.3 Å². The number of aromatic nitrogens is 1. The molecule has 0 atom stereocenters. The van der Waals surface area contributed by atoms with Gasteiger partial charge >= 0.3 is 6.03 Å². The van der Waals surface area contributed by atoms with Crippen molar-refractivity contribution in [3.05, 3.63) is 64.0 Å². The Bertz CT molecular complexity index is 949. The Balaban J connectivity index is 2.06. The normalized spacial score (nSPS) is 14.8. The number of nitrogens with zero attached hydrogens (tertiary/aromatic N) is 4. The number of imide groups is 2. The number of non-ortho nitro benzene ring substituents is 1. The SMILES string of the molecule is CN1C(=O)C(=Cc2cccn2-c2cccc([N+](=O)[O-])c2)C(=O)N(C)C1=O. The van der Waals surface area contributed by atoms with E-state index in [0.29, 0.717) is 11.4 Å². The lowest BCUT2D eigenvalue weighted by Gasteiger charge is -2.28. The number of hydrogen-bond donors (Lipinski definition) is 0. The summed E-state index contributed by atoms with van der Waals surface area (Å²) in [6.07, 6.45) is 3.02. The molecule has 0 unspecified atom stereocenters. The molecular weight excluding hydrogens is 340 g/mol. The largest absolute Gasteiger partial charge is 0.333 e. The fraction of sp³-hybridized carbons (Fsp3) is 0.118. The van der Waals surface area contributed by atoms with Crippen molar-refractivity contribution >= 4 is 29.6 Å². The van der Waals surface area contributed by atoms with Crippen LogP contribution in [0, 0.1) is 10.1 Å². The van der Waals surface area contributed by atoms with Crippen LogP contribution in [0.25, 0.3) is 11.8 Å². The van der Waals surface area contributed by atoms with Gasteiger partial charge in [-0.2, -0.15) is 0 Å². The molecule has 9 nitrogen and oxygen atoms in total. The van der Waals surface area contributed by atoms with Crippen LogP contribution >= 0.6 is 0 Å². The van der Waals surface area contributed by atoms with E-state index in [4.69, 9.17) is 0 Å². The predicted octanol–water partition coefficient (Wildman–Crippen LogP) is 1.82. The van der Waals surface area contributed by atoms with Crippen LogP contribution in [0.2, 0.25) is 0 Å². The third-order valence-corrected chi connectivity index (χ3v) is 4.04. The van der Waals surface area contributed by atoms with Gasteiger partial charge in [0.05, 0.1) is 10.6 Å². The summed E-state index contributed by atoms with van der Waals surface area (Å²) < 4.78 is 1.61. The van der Waals surface area contributed by atoms with Crippen molar-refractivity contribution in [2.75, 3.05) is 14.1 Å². The molecule has 1 aliphatic rings. The molecule has 4 amide bonds. The van der Waals surface area contributed by atoms with Crippen LogP contribution in [0.4, 0.5) is 10.5 Å². The number of barbiturate groups is 1. The van der Waals surface area contributed by atoms with Gasteiger partial charge in [-0.3, -0.25) is 29.5 Å². The Kier molecular flexibility index (Phi) is 4.13. The molecule has 0 N–H and O–H groups in total. The van der Waals surface area contributed by atoms with Crippen LogP contribution in [0.3, 0.4) is 0 Å². The first-order chi connectivity index (χ1) is 12.3. The van der Waals surface area contributed by atoms with E-state index in [9.17, 15) is 24.5 Å². The van der Waals surface area contributed by atoms with Crippen LogP contribution in [0.15, 0.2) is 48.2 Å². The molecule has 1 aromatic carbocycles. The molecule has 0 saturated carbocycles. The number of likely N-dealkylation sites (N-methyl/N-ethyl adjacent to an activating group) is 2. The van der Waals surface area contributed by atoms with Crippen molar-refractivity contribution in [1.82, 2.24) is 14.4 Å². The molecule has 3 rings (SSSR count). The fourth-order valence-electron chi connectivity index (χ4n) is 2.63. The van der Waals surface area contributed by atoms with Gasteiger partial charge in [0.2, 0.25) is 0 Å². The highest BCUT2D eigenvalue weighted by Gasteiger charge is 2.37. The van der Waals surface area contributed by atoms with Crippen molar-refractivity contribution in [3.8, 4) is 5.69 Å². The second kappa shape index (κ2) is 6.28. The number of benzene rings is 1. The van der Waals surface area contributed by atoms with Gasteiger partial charge < -0.3 is 4.57 Å². The van der Waals surface area contributed by atoms with E-state index in [-0.39, 0.29) is 11.3 Å². The molecule has 0 spiro atoms. The number of carbonyl (C=O) groups excluding carboxylic acids is 3. The molecule has 1 aromatic heterocycles. The van der Waals surface area contributed by atoms with Gasteiger partial charge in [-0.05, 0) is 24.3 Å². The molecule has 9 heteroatoms. The maximum atomic E-state index is 12.3. The topological polar surface area (TPSA) is 106 Å². The summed E-state index contributed by atoms with van der Waals surface area (Å²) in [6, 6.07) is 8.60. The third-order valence-electron chi connectivity index (χ3n) is 4.04. The van der Waals surface area contributed by atoms with E-state index < -0.39 is 22.8 Å². The average Bonchev–Trinajstić information content (AvgIpc) is 3.10. The summed E-state index contributed by atoms with van der Waals surface area (Å²) in [5.74, 6) is -1.41. The maximum Gasteiger partial charge on any atom is 0.333 e. The summed E-state index contributed by atoms with van der Waals surface area (Å²) in [6.45, 7) is 0. The number of hydrogen-bond acceptors (Lipinski definition) is 5. The van der Waals surface area contributed by atoms with Crippen LogP contribution in [-0.4, -0.2) is 51.2 Å². The molecule has 0 bridgehead atoms. The minimum Gasteiger partial charge on any atom is -0.317 e. The highest BCUT2D eigenvalue weighted by molar-refractivity contribution is 6.30. The molecule has 2 heterocycles. The van der Waals surface area contributed by atoms with Crippen molar-refractivity contribution < 1.29 is 19.3 Å². The van der Waals surface area contributed by atoms with E-state index in [2.05, 4.69) is 0 Å². The van der Waals surface area contributed by atoms with Crippen LogP contribution in [-0.2, 0) is 9.59 Å². The molecular formula is C17H14N4O5. The maximum absolute atomic E-state index is 12.3. The van der Waals surface area contributed by atoms with Crippen LogP contribution in [0.5, 0.6) is 0 Å². The fourth-order valence-corrected chi connectivity index (χ4v) is 2.63. The Hall–Kier alpha value is -3.75. The Morgan fingerprint density at radius 1 is 1.00 bits per heavy atom. The smallest absolute Gasteiger partial charge is 0.317 e. The number of amides is 4. The van der Waals surface area contributed by atoms with Gasteiger partial charge in [0.1, 0.15) is 5.57 Å². The molecule has 1 fully saturated rings. The lowest BCUT2D eigenvalue weighted by Crippen LogP contribution is -2.52. The molecule has 1 saturated heterocycles. The van der Waals surface area contributed by atoms with Gasteiger partial charge in [0, 0.05) is 38.1 Å². The minimum absolute atomic E-state index is 0.0790. The average molecular weight is 354 g/mol. The number of carbonyl (C=O) groups is 3. The number of rotatable bonds is 3. The molecule has 0 aliphatic carbocycles. The second-order valence-corrected chi connectivity index (χ2v) is 5.65. The first-order valence-electron chi connectivity index (χ1n) is 7.55. The van der Waals surface area contributed by atoms with E-state index in [1.807, 2.05) is 0 Å². The highest BCUT2D eigenvalue weighted by Crippen LogP contribution is 2.22. The van der Waals surface area contributed by atoms with Crippen molar-refractivity contribution in [2.24, 2.45) is 0 Å². The lowest BCUT2D eigenvalue weighted by atomic mass is 10.1. The summed E-state index contributed by atoms with van der Waals surface area (Å²) >= 11 is 0. The predicted molar refractivity (Wildman–Crippen MR) is 91.3 cm³/mol. The number of urea groups is 1. The third kappa shape index (κ3) is 2.75. The summed E-state index contributed by atoms with van der Waals surface area (Å²) in [5, 5.41) is 11.0. The molecule has 132 valence electrons. The van der Waals surface area contributed by atoms with Crippen molar-refractivity contribution in [3.63, 3.8) is 0 Å². The number of nitro groups is 1. The summed E-state index contributed by atoms with van der Waals surface area (Å²) in [4.78, 5) is 48.6. The first kappa shape index (κ1) is 17.1. The van der Waals surface area contributed by atoms with E-state index in [1.54, 1.807) is 35.0 Å². The van der Waals surface area contributed by atoms with Gasteiger partial charge in [0.15, 0.2) is 0 Å². The quantitative estimate of drug-likeness (QED) is 0.362. The zero-order valence-electron chi connectivity index (χ0n) is 13.9. The molecule has 26 heavy (non-hydrogen) atoms. The van der Waals surface area contributed by atoms with E-state index >= 15 is 0 Å². The highest BCUT2D eigenvalue weighted by atomic mass is 16.6. The van der Waals surface area contributed by atoms with Crippen molar-refractivity contribution in [2.45, 2.75) is 0 Å². The standard InChI is InChI=1S/C17H14N4O5/c1-18-15(22)14(16(23)19(2)17(18)24)10-12-7-4-8-20(12)11-5-3-6-13(9-11)21(25)26/h3-10H,1-2H3. The lowest BCUT2D eigenvalue weighted by molar-refractivity contribution is -0.384. The molecule has 1 aliphatic heterocycles. The molecule has 2 aromatic rings. The molecule has 0 radical (unpaired) electrons. The number of nitro benzene ring substituents is 1. The monoisotopic (exact) mass is 354 g/mol. The van der Waals surface area contributed by atoms with Crippen LogP contribution in [0.1, 0.15) is 5.69 Å². The Morgan fingerprint density at radius 2 is 1.65 bits per heavy atom. The minimum atomic E-state index is -0.704. The zero-order valence-corrected chi connectivity index (χ0v) is 13.9. The van der Waals surface area contributed by atoms with Crippen molar-refractivity contribution in [1.29, 1.82) is 0 Å². The van der Waals surface area contributed by atoms with Gasteiger partial charge in [0.25, 0.3) is 17.5 Å². The van der Waals surface area contributed by atoms with Gasteiger partial charge in [-0.15, -0.1) is 0 Å². The Morgan fingerprint density at radius 3 is 2.27 bits per heavy atom. The zero-order chi connectivity index (χ0) is 19.0. The van der Waals surface area contributed by atoms with Gasteiger partial charge in [-0.1, -0.05) is 6.07 Å². The summed E-state index contributed by atoms with van der Waals surface area (Å²) in [7, 11) is 2.59.